The first-order valence-electron chi connectivity index (χ1n) is 10.2. The van der Waals surface area contributed by atoms with Gasteiger partial charge in [0.05, 0.1) is 11.4 Å². The second-order valence-electron chi connectivity index (χ2n) is 7.95. The van der Waals surface area contributed by atoms with Crippen molar-refractivity contribution in [2.45, 2.75) is 10.6 Å². The number of primary sulfonamides is 1. The lowest BCUT2D eigenvalue weighted by molar-refractivity contribution is 0.0649. The Balaban J connectivity index is 1.62. The van der Waals surface area contributed by atoms with Gasteiger partial charge in [0, 0.05) is 21.8 Å². The Morgan fingerprint density at radius 1 is 0.909 bits per heavy atom. The molecule has 4 aromatic carbocycles. The molecule has 5 rings (SSSR count). The SMILES string of the molecule is NS(=O)(=O)c1ccc(C2=NC(O)(c3ccc4ccccc4c3)CN2c2ccc(Cl)cc2)cc1. The van der Waals surface area contributed by atoms with Gasteiger partial charge < -0.3 is 10.0 Å². The molecule has 0 aromatic heterocycles. The molecule has 33 heavy (non-hydrogen) atoms. The molecule has 0 amide bonds. The quantitative estimate of drug-likeness (QED) is 0.459. The summed E-state index contributed by atoms with van der Waals surface area (Å²) in [6.45, 7) is 0.180. The van der Waals surface area contributed by atoms with Gasteiger partial charge in [-0.1, -0.05) is 48.0 Å². The van der Waals surface area contributed by atoms with Crippen LogP contribution in [-0.2, 0) is 15.7 Å². The van der Waals surface area contributed by atoms with E-state index in [0.717, 1.165) is 16.5 Å². The lowest BCUT2D eigenvalue weighted by Crippen LogP contribution is -2.34. The fourth-order valence-electron chi connectivity index (χ4n) is 4.01. The van der Waals surface area contributed by atoms with Gasteiger partial charge in [0.2, 0.25) is 15.7 Å². The van der Waals surface area contributed by atoms with E-state index in [1.807, 2.05) is 59.5 Å². The molecule has 166 valence electrons. The second kappa shape index (κ2) is 7.97. The van der Waals surface area contributed by atoms with Crippen molar-refractivity contribution in [3.05, 3.63) is 107 Å². The minimum atomic E-state index is -3.82. The van der Waals surface area contributed by atoms with Crippen LogP contribution in [0.1, 0.15) is 11.1 Å². The third-order valence-corrected chi connectivity index (χ3v) is 6.90. The Hall–Kier alpha value is -3.23. The number of β-amino-alcohol motifs (C(OH)–C–C–N with tert-alkyl or cyclic N) is 1. The van der Waals surface area contributed by atoms with Crippen molar-refractivity contribution in [1.82, 2.24) is 0 Å². The number of rotatable bonds is 4. The van der Waals surface area contributed by atoms with Gasteiger partial charge in [-0.25, -0.2) is 18.5 Å². The largest absolute Gasteiger partial charge is 0.364 e. The predicted molar refractivity (Wildman–Crippen MR) is 131 cm³/mol. The monoisotopic (exact) mass is 477 g/mol. The summed E-state index contributed by atoms with van der Waals surface area (Å²) in [5.41, 5.74) is 0.605. The van der Waals surface area contributed by atoms with Gasteiger partial charge in [-0.05, 0) is 65.4 Å². The molecule has 1 unspecified atom stereocenters. The number of sulfonamides is 1. The van der Waals surface area contributed by atoms with Crippen LogP contribution in [0.15, 0.2) is 101 Å². The molecule has 1 aliphatic rings. The second-order valence-corrected chi connectivity index (χ2v) is 9.94. The van der Waals surface area contributed by atoms with Crippen LogP contribution in [-0.4, -0.2) is 25.9 Å². The van der Waals surface area contributed by atoms with E-state index >= 15 is 0 Å². The normalized spacial score (nSPS) is 18.5. The molecule has 3 N–H and O–H groups in total. The zero-order valence-electron chi connectivity index (χ0n) is 17.4. The molecule has 4 aromatic rings. The molecule has 1 heterocycles. The Bertz CT molecular complexity index is 1490. The van der Waals surface area contributed by atoms with Gasteiger partial charge in [-0.2, -0.15) is 0 Å². The molecule has 0 saturated carbocycles. The van der Waals surface area contributed by atoms with Crippen LogP contribution < -0.4 is 10.0 Å². The van der Waals surface area contributed by atoms with Gasteiger partial charge in [0.1, 0.15) is 5.84 Å². The van der Waals surface area contributed by atoms with Crippen molar-refractivity contribution in [2.24, 2.45) is 10.1 Å². The van der Waals surface area contributed by atoms with Crippen molar-refractivity contribution >= 4 is 43.9 Å². The first kappa shape index (κ1) is 21.6. The number of halogens is 1. The zero-order valence-corrected chi connectivity index (χ0v) is 19.0. The molecule has 1 atom stereocenters. The molecule has 0 radical (unpaired) electrons. The predicted octanol–water partition coefficient (Wildman–Crippen LogP) is 4.25. The summed E-state index contributed by atoms with van der Waals surface area (Å²) in [5.74, 6) is 0.508. The standard InChI is InChI=1S/C25H20ClN3O3S/c26-21-9-11-22(12-10-21)29-16-25(30,20-8-5-17-3-1-2-4-19(17)15-20)28-24(29)18-6-13-23(14-7-18)33(27,31)32/h1-15,30H,16H2,(H2,27,31,32). The summed E-state index contributed by atoms with van der Waals surface area (Å²) in [6, 6.07) is 27.1. The van der Waals surface area contributed by atoms with Crippen LogP contribution in [0.25, 0.3) is 10.8 Å². The molecule has 0 spiro atoms. The molecule has 8 heteroatoms. The Kier molecular flexibility index (Phi) is 5.22. The van der Waals surface area contributed by atoms with E-state index in [1.54, 1.807) is 24.3 Å². The maximum absolute atomic E-state index is 11.7. The summed E-state index contributed by atoms with van der Waals surface area (Å²) < 4.78 is 23.3. The van der Waals surface area contributed by atoms with E-state index in [1.165, 1.54) is 12.1 Å². The highest BCUT2D eigenvalue weighted by atomic mass is 35.5. The number of benzene rings is 4. The van der Waals surface area contributed by atoms with Crippen LogP contribution in [0.2, 0.25) is 5.02 Å². The molecular weight excluding hydrogens is 458 g/mol. The van der Waals surface area contributed by atoms with Crippen LogP contribution >= 0.6 is 11.6 Å². The van der Waals surface area contributed by atoms with Crippen molar-refractivity contribution < 1.29 is 13.5 Å². The summed E-state index contributed by atoms with van der Waals surface area (Å²) in [4.78, 5) is 6.62. The number of hydrogen-bond donors (Lipinski definition) is 2. The van der Waals surface area contributed by atoms with E-state index in [2.05, 4.69) is 0 Å². The molecule has 6 nitrogen and oxygen atoms in total. The van der Waals surface area contributed by atoms with E-state index < -0.39 is 15.7 Å². The van der Waals surface area contributed by atoms with Crippen molar-refractivity contribution in [3.8, 4) is 0 Å². The summed E-state index contributed by atoms with van der Waals surface area (Å²) in [7, 11) is -3.82. The fourth-order valence-corrected chi connectivity index (χ4v) is 4.65. The van der Waals surface area contributed by atoms with Crippen molar-refractivity contribution in [2.75, 3.05) is 11.4 Å². The maximum Gasteiger partial charge on any atom is 0.238 e. The topological polar surface area (TPSA) is 96.0 Å². The number of fused-ring (bicyclic) bond motifs is 1. The number of amidine groups is 1. The van der Waals surface area contributed by atoms with E-state index in [-0.39, 0.29) is 11.4 Å². The van der Waals surface area contributed by atoms with Crippen molar-refractivity contribution in [3.63, 3.8) is 0 Å². The smallest absolute Gasteiger partial charge is 0.238 e. The Labute approximate surface area is 196 Å². The fraction of sp³-hybridized carbons (Fsp3) is 0.0800. The van der Waals surface area contributed by atoms with E-state index in [4.69, 9.17) is 21.7 Å². The number of nitrogens with zero attached hydrogens (tertiary/aromatic N) is 2. The highest BCUT2D eigenvalue weighted by molar-refractivity contribution is 7.89. The first-order chi connectivity index (χ1) is 15.7. The van der Waals surface area contributed by atoms with Crippen LogP contribution in [0, 0.1) is 0 Å². The van der Waals surface area contributed by atoms with Gasteiger partial charge in [0.15, 0.2) is 0 Å². The van der Waals surface area contributed by atoms with Gasteiger partial charge >= 0.3 is 0 Å². The summed E-state index contributed by atoms with van der Waals surface area (Å²) in [6.07, 6.45) is 0. The van der Waals surface area contributed by atoms with E-state index in [9.17, 15) is 13.5 Å². The first-order valence-corrected chi connectivity index (χ1v) is 12.1. The zero-order chi connectivity index (χ0) is 23.2. The highest BCUT2D eigenvalue weighted by Crippen LogP contribution is 2.36. The molecule has 0 saturated heterocycles. The highest BCUT2D eigenvalue weighted by Gasteiger charge is 2.40. The Morgan fingerprint density at radius 3 is 2.24 bits per heavy atom. The van der Waals surface area contributed by atoms with Crippen LogP contribution in [0.3, 0.4) is 0 Å². The van der Waals surface area contributed by atoms with Gasteiger partial charge in [0.25, 0.3) is 0 Å². The number of aliphatic hydroxyl groups is 1. The Morgan fingerprint density at radius 2 is 1.58 bits per heavy atom. The van der Waals surface area contributed by atoms with E-state index in [0.29, 0.717) is 22.0 Å². The molecule has 0 bridgehead atoms. The summed E-state index contributed by atoms with van der Waals surface area (Å²) >= 11 is 6.07. The maximum atomic E-state index is 11.7. The average Bonchev–Trinajstić information content (AvgIpc) is 3.17. The summed E-state index contributed by atoms with van der Waals surface area (Å²) in [5, 5.41) is 19.6. The van der Waals surface area contributed by atoms with Crippen LogP contribution in [0.4, 0.5) is 5.69 Å². The van der Waals surface area contributed by atoms with Gasteiger partial charge in [-0.3, -0.25) is 0 Å². The molecule has 0 aliphatic carbocycles. The minimum absolute atomic E-state index is 0.00711. The number of aliphatic imine (C=N–C) groups is 1. The minimum Gasteiger partial charge on any atom is -0.364 e. The number of anilines is 1. The number of hydrogen-bond acceptors (Lipinski definition) is 5. The molecule has 0 fully saturated rings. The third kappa shape index (κ3) is 4.12. The molecular formula is C25H20ClN3O3S. The average molecular weight is 478 g/mol. The lowest BCUT2D eigenvalue weighted by atomic mass is 9.99. The van der Waals surface area contributed by atoms with Gasteiger partial charge in [-0.15, -0.1) is 0 Å². The lowest BCUT2D eigenvalue weighted by Gasteiger charge is -2.25. The third-order valence-electron chi connectivity index (χ3n) is 5.72. The van der Waals surface area contributed by atoms with Crippen molar-refractivity contribution in [1.29, 1.82) is 0 Å². The molecule has 1 aliphatic heterocycles. The number of nitrogens with two attached hydrogens (primary N) is 1. The van der Waals surface area contributed by atoms with Crippen LogP contribution in [0.5, 0.6) is 0 Å².